The Morgan fingerprint density at radius 2 is 2.30 bits per heavy atom. The first-order valence-electron chi connectivity index (χ1n) is 2.76. The summed E-state index contributed by atoms with van der Waals surface area (Å²) in [5, 5.41) is 8.84. The molecule has 1 aromatic rings. The van der Waals surface area contributed by atoms with Crippen LogP contribution in [-0.2, 0) is 0 Å². The number of hydrogen-bond acceptors (Lipinski definition) is 3. The van der Waals surface area contributed by atoms with Gasteiger partial charge in [-0.25, -0.2) is 4.98 Å². The van der Waals surface area contributed by atoms with Gasteiger partial charge in [0.05, 0.1) is 5.69 Å². The van der Waals surface area contributed by atoms with Crippen molar-refractivity contribution in [3.8, 4) is 0 Å². The average Bonchev–Trinajstić information content (AvgIpc) is 1.88. The van der Waals surface area contributed by atoms with E-state index in [-0.39, 0.29) is 0 Å². The summed E-state index contributed by atoms with van der Waals surface area (Å²) in [4.78, 5) is 3.91. The monoisotopic (exact) mass is 202 g/mol. The first-order valence-corrected chi connectivity index (χ1v) is 3.55. The molecular weight excluding hydrogens is 196 g/mol. The first kappa shape index (κ1) is 7.65. The molecular formula is C6H7BrN2O. The third-order valence-corrected chi connectivity index (χ3v) is 1.48. The fraction of sp³-hybridized carbons (Fsp3) is 0.167. The minimum absolute atomic E-state index is 0.467. The molecule has 3 nitrogen and oxygen atoms in total. The first-order chi connectivity index (χ1) is 4.70. The van der Waals surface area contributed by atoms with Crippen LogP contribution in [0.15, 0.2) is 22.8 Å². The molecule has 0 aromatic carbocycles. The molecule has 0 spiro atoms. The summed E-state index contributed by atoms with van der Waals surface area (Å²) in [6.07, 6.45) is -0.988. The van der Waals surface area contributed by atoms with Crippen LogP contribution in [0.25, 0.3) is 0 Å². The highest BCUT2D eigenvalue weighted by atomic mass is 79.9. The van der Waals surface area contributed by atoms with Gasteiger partial charge in [0.1, 0.15) is 10.8 Å². The number of aliphatic hydroxyl groups excluding tert-OH is 1. The van der Waals surface area contributed by atoms with Gasteiger partial charge in [0, 0.05) is 0 Å². The molecule has 0 saturated heterocycles. The molecule has 0 fully saturated rings. The molecule has 10 heavy (non-hydrogen) atoms. The van der Waals surface area contributed by atoms with Crippen molar-refractivity contribution in [2.75, 3.05) is 0 Å². The maximum absolute atomic E-state index is 8.84. The Bertz CT molecular complexity index is 227. The highest BCUT2D eigenvalue weighted by molar-refractivity contribution is 9.10. The van der Waals surface area contributed by atoms with Crippen LogP contribution in [0.4, 0.5) is 0 Å². The van der Waals surface area contributed by atoms with E-state index in [9.17, 15) is 0 Å². The lowest BCUT2D eigenvalue weighted by Crippen LogP contribution is -2.10. The second kappa shape index (κ2) is 3.09. The maximum atomic E-state index is 8.84. The van der Waals surface area contributed by atoms with Crippen molar-refractivity contribution in [2.45, 2.75) is 6.23 Å². The normalized spacial score (nSPS) is 13.1. The Labute approximate surface area is 67.0 Å². The van der Waals surface area contributed by atoms with E-state index in [0.29, 0.717) is 10.3 Å². The molecule has 0 amide bonds. The highest BCUT2D eigenvalue weighted by Crippen LogP contribution is 2.09. The number of halogens is 1. The van der Waals surface area contributed by atoms with Gasteiger partial charge in [-0.05, 0) is 28.1 Å². The largest absolute Gasteiger partial charge is 0.373 e. The zero-order valence-electron chi connectivity index (χ0n) is 5.16. The second-order valence-electron chi connectivity index (χ2n) is 1.83. The third-order valence-electron chi connectivity index (χ3n) is 1.04. The van der Waals surface area contributed by atoms with E-state index in [0.717, 1.165) is 0 Å². The van der Waals surface area contributed by atoms with Crippen LogP contribution in [0.5, 0.6) is 0 Å². The molecule has 0 bridgehead atoms. The van der Waals surface area contributed by atoms with Gasteiger partial charge in [0.25, 0.3) is 0 Å². The van der Waals surface area contributed by atoms with Crippen molar-refractivity contribution in [2.24, 2.45) is 5.73 Å². The second-order valence-corrected chi connectivity index (χ2v) is 2.64. The molecule has 0 radical (unpaired) electrons. The molecule has 54 valence electrons. The summed E-state index contributed by atoms with van der Waals surface area (Å²) in [6, 6.07) is 5.20. The summed E-state index contributed by atoms with van der Waals surface area (Å²) < 4.78 is 0.675. The average molecular weight is 203 g/mol. The summed E-state index contributed by atoms with van der Waals surface area (Å²) in [5.41, 5.74) is 5.62. The van der Waals surface area contributed by atoms with Crippen molar-refractivity contribution in [1.82, 2.24) is 4.98 Å². The van der Waals surface area contributed by atoms with E-state index in [2.05, 4.69) is 20.9 Å². The number of nitrogens with two attached hydrogens (primary N) is 1. The van der Waals surface area contributed by atoms with Gasteiger partial charge in [-0.15, -0.1) is 0 Å². The minimum Gasteiger partial charge on any atom is -0.373 e. The molecule has 1 aromatic heterocycles. The van der Waals surface area contributed by atoms with E-state index < -0.39 is 6.23 Å². The van der Waals surface area contributed by atoms with Crippen molar-refractivity contribution in [3.05, 3.63) is 28.5 Å². The SMILES string of the molecule is NC(O)c1cccc(Br)n1. The molecule has 0 saturated carbocycles. The van der Waals surface area contributed by atoms with Gasteiger partial charge in [-0.1, -0.05) is 6.07 Å². The molecule has 1 unspecified atom stereocenters. The molecule has 4 heteroatoms. The highest BCUT2D eigenvalue weighted by Gasteiger charge is 2.00. The van der Waals surface area contributed by atoms with Crippen LogP contribution >= 0.6 is 15.9 Å². The van der Waals surface area contributed by atoms with Crippen molar-refractivity contribution in [1.29, 1.82) is 0 Å². The van der Waals surface area contributed by atoms with Gasteiger partial charge in [-0.2, -0.15) is 0 Å². The van der Waals surface area contributed by atoms with Crippen LogP contribution in [0.3, 0.4) is 0 Å². The minimum atomic E-state index is -0.988. The van der Waals surface area contributed by atoms with E-state index in [4.69, 9.17) is 10.8 Å². The summed E-state index contributed by atoms with van der Waals surface area (Å²) in [7, 11) is 0. The topological polar surface area (TPSA) is 59.1 Å². The number of hydrogen-bond donors (Lipinski definition) is 2. The Morgan fingerprint density at radius 1 is 1.60 bits per heavy atom. The lowest BCUT2D eigenvalue weighted by Gasteiger charge is -2.01. The van der Waals surface area contributed by atoms with E-state index >= 15 is 0 Å². The van der Waals surface area contributed by atoms with Gasteiger partial charge < -0.3 is 10.8 Å². The van der Waals surface area contributed by atoms with Gasteiger partial charge >= 0.3 is 0 Å². The molecule has 0 aliphatic carbocycles. The molecule has 1 atom stereocenters. The van der Waals surface area contributed by atoms with Crippen LogP contribution in [-0.4, -0.2) is 10.1 Å². The van der Waals surface area contributed by atoms with Crippen molar-refractivity contribution >= 4 is 15.9 Å². The fourth-order valence-electron chi connectivity index (χ4n) is 0.589. The van der Waals surface area contributed by atoms with Crippen molar-refractivity contribution in [3.63, 3.8) is 0 Å². The van der Waals surface area contributed by atoms with Gasteiger partial charge in [0.15, 0.2) is 0 Å². The zero-order chi connectivity index (χ0) is 7.56. The van der Waals surface area contributed by atoms with Crippen LogP contribution in [0.2, 0.25) is 0 Å². The van der Waals surface area contributed by atoms with E-state index in [1.165, 1.54) is 0 Å². The number of aromatic nitrogens is 1. The molecule has 3 N–H and O–H groups in total. The lowest BCUT2D eigenvalue weighted by molar-refractivity contribution is 0.181. The smallest absolute Gasteiger partial charge is 0.145 e. The zero-order valence-corrected chi connectivity index (χ0v) is 6.75. The lowest BCUT2D eigenvalue weighted by atomic mass is 10.3. The fourth-order valence-corrected chi connectivity index (χ4v) is 0.946. The van der Waals surface area contributed by atoms with E-state index in [1.807, 2.05) is 0 Å². The Hall–Kier alpha value is -0.450. The van der Waals surface area contributed by atoms with Crippen LogP contribution in [0, 0.1) is 0 Å². The van der Waals surface area contributed by atoms with Crippen LogP contribution in [0.1, 0.15) is 11.9 Å². The number of aliphatic hydroxyl groups is 1. The van der Waals surface area contributed by atoms with Gasteiger partial charge in [0.2, 0.25) is 0 Å². The number of nitrogens with zero attached hydrogens (tertiary/aromatic N) is 1. The molecule has 0 aliphatic rings. The van der Waals surface area contributed by atoms with Crippen LogP contribution < -0.4 is 5.73 Å². The Morgan fingerprint density at radius 3 is 2.70 bits per heavy atom. The maximum Gasteiger partial charge on any atom is 0.145 e. The predicted molar refractivity (Wildman–Crippen MR) is 41.1 cm³/mol. The Balaban J connectivity index is 2.96. The van der Waals surface area contributed by atoms with Gasteiger partial charge in [-0.3, -0.25) is 0 Å². The molecule has 1 rings (SSSR count). The third kappa shape index (κ3) is 1.76. The van der Waals surface area contributed by atoms with Crippen molar-refractivity contribution < 1.29 is 5.11 Å². The molecule has 0 aliphatic heterocycles. The molecule has 1 heterocycles. The Kier molecular flexibility index (Phi) is 2.37. The standard InChI is InChI=1S/C6H7BrN2O/c7-5-3-1-2-4(9-5)6(8)10/h1-3,6,10H,8H2. The van der Waals surface area contributed by atoms with E-state index in [1.54, 1.807) is 18.2 Å². The number of rotatable bonds is 1. The quantitative estimate of drug-likeness (QED) is 0.524. The predicted octanol–water partition coefficient (Wildman–Crippen LogP) is 0.794. The summed E-state index contributed by atoms with van der Waals surface area (Å²) in [5.74, 6) is 0. The summed E-state index contributed by atoms with van der Waals surface area (Å²) >= 11 is 3.15. The number of pyridine rings is 1. The summed E-state index contributed by atoms with van der Waals surface area (Å²) in [6.45, 7) is 0.